The third-order valence-corrected chi connectivity index (χ3v) is 5.98. The average Bonchev–Trinajstić information content (AvgIpc) is 3.14. The molecule has 1 amide bonds. The topological polar surface area (TPSA) is 64.1 Å². The monoisotopic (exact) mass is 413 g/mol. The normalized spacial score (nSPS) is 10.6. The minimum atomic E-state index is -0.215. The third kappa shape index (κ3) is 6.07. The Labute approximate surface area is 173 Å². The number of nitrogens with zero attached hydrogens (tertiary/aromatic N) is 2. The highest BCUT2D eigenvalue weighted by atomic mass is 32.2. The number of thioether (sulfide) groups is 1. The number of benzene rings is 2. The zero-order chi connectivity index (χ0) is 19.8. The molecular formula is C21H23N3O2S2. The first-order valence-corrected chi connectivity index (χ1v) is 11.0. The molecule has 0 aliphatic carbocycles. The van der Waals surface area contributed by atoms with Crippen molar-refractivity contribution in [3.8, 4) is 5.75 Å². The first kappa shape index (κ1) is 20.4. The number of anilines is 1. The molecule has 0 radical (unpaired) electrons. The number of carbonyl (C=O) groups excluding carboxylic acids is 1. The van der Waals surface area contributed by atoms with Crippen LogP contribution in [-0.4, -0.2) is 22.7 Å². The van der Waals surface area contributed by atoms with Gasteiger partial charge < -0.3 is 4.74 Å². The number of aromatic nitrogens is 2. The second-order valence-electron chi connectivity index (χ2n) is 6.33. The summed E-state index contributed by atoms with van der Waals surface area (Å²) in [4.78, 5) is 12.5. The molecule has 3 rings (SSSR count). The van der Waals surface area contributed by atoms with Crippen LogP contribution >= 0.6 is 23.1 Å². The van der Waals surface area contributed by atoms with Crippen LogP contribution in [0.2, 0.25) is 0 Å². The fourth-order valence-corrected chi connectivity index (χ4v) is 4.19. The van der Waals surface area contributed by atoms with E-state index in [9.17, 15) is 4.79 Å². The van der Waals surface area contributed by atoms with Gasteiger partial charge in [0.25, 0.3) is 5.91 Å². The molecule has 7 heteroatoms. The number of aryl methyl sites for hydroxylation is 1. The summed E-state index contributed by atoms with van der Waals surface area (Å²) in [6.45, 7) is 4.85. The maximum Gasteiger partial charge on any atom is 0.257 e. The van der Waals surface area contributed by atoms with Crippen molar-refractivity contribution in [2.24, 2.45) is 0 Å². The van der Waals surface area contributed by atoms with Gasteiger partial charge >= 0.3 is 0 Å². The van der Waals surface area contributed by atoms with Crippen LogP contribution in [-0.2, 0) is 5.75 Å². The number of hydrogen-bond acceptors (Lipinski definition) is 6. The Balaban J connectivity index is 1.55. The van der Waals surface area contributed by atoms with E-state index in [0.717, 1.165) is 22.9 Å². The van der Waals surface area contributed by atoms with Crippen LogP contribution in [0.25, 0.3) is 0 Å². The molecule has 1 heterocycles. The molecular weight excluding hydrogens is 390 g/mol. The molecule has 3 aromatic rings. The van der Waals surface area contributed by atoms with E-state index in [2.05, 4.69) is 53.6 Å². The summed E-state index contributed by atoms with van der Waals surface area (Å²) in [6, 6.07) is 15.6. The molecule has 1 N–H and O–H groups in total. The van der Waals surface area contributed by atoms with E-state index in [0.29, 0.717) is 23.1 Å². The molecule has 0 fully saturated rings. The van der Waals surface area contributed by atoms with Crippen LogP contribution in [0, 0.1) is 6.92 Å². The van der Waals surface area contributed by atoms with Crippen LogP contribution in [0.1, 0.15) is 41.3 Å². The predicted molar refractivity (Wildman–Crippen MR) is 115 cm³/mol. The lowest BCUT2D eigenvalue weighted by molar-refractivity contribution is 0.102. The van der Waals surface area contributed by atoms with Crippen molar-refractivity contribution < 1.29 is 9.53 Å². The number of rotatable bonds is 9. The highest BCUT2D eigenvalue weighted by Crippen LogP contribution is 2.28. The molecule has 0 unspecified atom stereocenters. The second kappa shape index (κ2) is 10.2. The van der Waals surface area contributed by atoms with E-state index in [1.165, 1.54) is 22.5 Å². The van der Waals surface area contributed by atoms with Gasteiger partial charge in [0.15, 0.2) is 4.34 Å². The summed E-state index contributed by atoms with van der Waals surface area (Å²) >= 11 is 2.99. The Morgan fingerprint density at radius 1 is 1.18 bits per heavy atom. The van der Waals surface area contributed by atoms with E-state index in [4.69, 9.17) is 4.74 Å². The zero-order valence-corrected chi connectivity index (χ0v) is 17.6. The predicted octanol–water partition coefficient (Wildman–Crippen LogP) is 5.57. The molecule has 28 heavy (non-hydrogen) atoms. The van der Waals surface area contributed by atoms with Gasteiger partial charge in [0.1, 0.15) is 5.75 Å². The van der Waals surface area contributed by atoms with E-state index >= 15 is 0 Å². The molecule has 0 saturated heterocycles. The fourth-order valence-electron chi connectivity index (χ4n) is 2.50. The van der Waals surface area contributed by atoms with Gasteiger partial charge in [0.05, 0.1) is 6.61 Å². The van der Waals surface area contributed by atoms with Crippen molar-refractivity contribution in [1.82, 2.24) is 10.2 Å². The van der Waals surface area contributed by atoms with Gasteiger partial charge in [0.2, 0.25) is 5.13 Å². The average molecular weight is 414 g/mol. The summed E-state index contributed by atoms with van der Waals surface area (Å²) < 4.78 is 6.49. The van der Waals surface area contributed by atoms with Crippen LogP contribution in [0.15, 0.2) is 52.9 Å². The lowest BCUT2D eigenvalue weighted by Crippen LogP contribution is -2.11. The number of amides is 1. The lowest BCUT2D eigenvalue weighted by Gasteiger charge is -2.07. The standard InChI is InChI=1S/C21H23N3O2S2/c1-3-4-11-26-18-10-6-9-17(13-18)19(25)22-20-23-24-21(28-20)27-14-16-8-5-7-15(2)12-16/h5-10,12-13H,3-4,11,14H2,1-2H3,(H,22,23,25). The van der Waals surface area contributed by atoms with E-state index in [1.807, 2.05) is 12.1 Å². The molecule has 0 bridgehead atoms. The maximum atomic E-state index is 12.5. The van der Waals surface area contributed by atoms with Crippen molar-refractivity contribution >= 4 is 34.1 Å². The van der Waals surface area contributed by atoms with Crippen molar-refractivity contribution in [1.29, 1.82) is 0 Å². The zero-order valence-electron chi connectivity index (χ0n) is 16.0. The molecule has 2 aromatic carbocycles. The van der Waals surface area contributed by atoms with Crippen molar-refractivity contribution in [2.45, 2.75) is 36.8 Å². The lowest BCUT2D eigenvalue weighted by atomic mass is 10.2. The second-order valence-corrected chi connectivity index (χ2v) is 8.53. The SMILES string of the molecule is CCCCOc1cccc(C(=O)Nc2nnc(SCc3cccc(C)c3)s2)c1. The number of ether oxygens (including phenoxy) is 1. The first-order valence-electron chi connectivity index (χ1n) is 9.20. The van der Waals surface area contributed by atoms with Crippen LogP contribution < -0.4 is 10.1 Å². The van der Waals surface area contributed by atoms with Gasteiger partial charge in [-0.05, 0) is 37.1 Å². The van der Waals surface area contributed by atoms with Crippen LogP contribution in [0.5, 0.6) is 5.75 Å². The van der Waals surface area contributed by atoms with E-state index in [-0.39, 0.29) is 5.91 Å². The van der Waals surface area contributed by atoms with Gasteiger partial charge in [-0.1, -0.05) is 72.3 Å². The highest BCUT2D eigenvalue weighted by Gasteiger charge is 2.11. The largest absolute Gasteiger partial charge is 0.494 e. The number of unbranched alkanes of at least 4 members (excludes halogenated alkanes) is 1. The van der Waals surface area contributed by atoms with Gasteiger partial charge in [-0.25, -0.2) is 0 Å². The summed E-state index contributed by atoms with van der Waals surface area (Å²) in [7, 11) is 0. The molecule has 146 valence electrons. The summed E-state index contributed by atoms with van der Waals surface area (Å²) in [6.07, 6.45) is 2.06. The van der Waals surface area contributed by atoms with Crippen LogP contribution in [0.4, 0.5) is 5.13 Å². The van der Waals surface area contributed by atoms with E-state index in [1.54, 1.807) is 23.9 Å². The Hall–Kier alpha value is -2.38. The molecule has 1 aromatic heterocycles. The minimum Gasteiger partial charge on any atom is -0.494 e. The molecule has 0 saturated carbocycles. The molecule has 5 nitrogen and oxygen atoms in total. The number of carbonyl (C=O) groups is 1. The van der Waals surface area contributed by atoms with E-state index < -0.39 is 0 Å². The van der Waals surface area contributed by atoms with Crippen molar-refractivity contribution in [3.05, 3.63) is 65.2 Å². The Bertz CT molecular complexity index is 927. The molecule has 0 aliphatic rings. The summed E-state index contributed by atoms with van der Waals surface area (Å²) in [5, 5.41) is 11.6. The van der Waals surface area contributed by atoms with Crippen molar-refractivity contribution in [2.75, 3.05) is 11.9 Å². The summed E-state index contributed by atoms with van der Waals surface area (Å²) in [5.74, 6) is 1.31. The molecule has 0 aliphatic heterocycles. The van der Waals surface area contributed by atoms with Crippen LogP contribution in [0.3, 0.4) is 0 Å². The minimum absolute atomic E-state index is 0.215. The maximum absolute atomic E-state index is 12.5. The van der Waals surface area contributed by atoms with Gasteiger partial charge in [-0.15, -0.1) is 10.2 Å². The molecule has 0 atom stereocenters. The fraction of sp³-hybridized carbons (Fsp3) is 0.286. The highest BCUT2D eigenvalue weighted by molar-refractivity contribution is 8.00. The van der Waals surface area contributed by atoms with Gasteiger partial charge in [-0.2, -0.15) is 0 Å². The number of hydrogen-bond donors (Lipinski definition) is 1. The molecule has 0 spiro atoms. The Morgan fingerprint density at radius 2 is 2.04 bits per heavy atom. The van der Waals surface area contributed by atoms with Gasteiger partial charge in [-0.3, -0.25) is 10.1 Å². The quantitative estimate of drug-likeness (QED) is 0.282. The van der Waals surface area contributed by atoms with Gasteiger partial charge in [0, 0.05) is 11.3 Å². The first-order chi connectivity index (χ1) is 13.6. The Morgan fingerprint density at radius 3 is 2.86 bits per heavy atom. The smallest absolute Gasteiger partial charge is 0.257 e. The summed E-state index contributed by atoms with van der Waals surface area (Å²) in [5.41, 5.74) is 3.02. The van der Waals surface area contributed by atoms with Crippen molar-refractivity contribution in [3.63, 3.8) is 0 Å². The Kier molecular flexibility index (Phi) is 7.45. The third-order valence-electron chi connectivity index (χ3n) is 3.93. The number of nitrogens with one attached hydrogen (secondary N) is 1.